The first-order valence-electron chi connectivity index (χ1n) is 4.79. The van der Waals surface area contributed by atoms with Crippen LogP contribution in [0.4, 0.5) is 0 Å². The van der Waals surface area contributed by atoms with Gasteiger partial charge in [-0.25, -0.2) is 0 Å². The molecule has 0 saturated heterocycles. The zero-order valence-corrected chi connectivity index (χ0v) is 6.73. The zero-order valence-electron chi connectivity index (χ0n) is 6.73. The summed E-state index contributed by atoms with van der Waals surface area (Å²) in [5, 5.41) is 0. The molecule has 0 aromatic rings. The standard InChI is InChI=1S/C10H17/c1-2-5-9(4-1)8-10-6-3-7-10/h9H,1-8H2. The van der Waals surface area contributed by atoms with Crippen molar-refractivity contribution in [2.45, 2.75) is 51.4 Å². The maximum Gasteiger partial charge on any atom is -0.0238 e. The van der Waals surface area contributed by atoms with Gasteiger partial charge < -0.3 is 0 Å². The van der Waals surface area contributed by atoms with Crippen LogP contribution in [0.3, 0.4) is 0 Å². The Labute approximate surface area is 64.0 Å². The fourth-order valence-electron chi connectivity index (χ4n) is 2.25. The highest BCUT2D eigenvalue weighted by Gasteiger charge is 2.24. The minimum Gasteiger partial charge on any atom is -0.0530 e. The smallest absolute Gasteiger partial charge is 0.0238 e. The van der Waals surface area contributed by atoms with E-state index in [1.807, 2.05) is 5.92 Å². The predicted octanol–water partition coefficient (Wildman–Crippen LogP) is 3.33. The Morgan fingerprint density at radius 2 is 1.70 bits per heavy atom. The van der Waals surface area contributed by atoms with Gasteiger partial charge in [-0.2, -0.15) is 0 Å². The molecule has 57 valence electrons. The molecule has 0 aliphatic heterocycles. The minimum absolute atomic E-state index is 1.11. The molecule has 0 nitrogen and oxygen atoms in total. The zero-order chi connectivity index (χ0) is 6.81. The lowest BCUT2D eigenvalue weighted by Crippen LogP contribution is -2.11. The molecule has 1 radical (unpaired) electrons. The van der Waals surface area contributed by atoms with E-state index in [-0.39, 0.29) is 0 Å². The van der Waals surface area contributed by atoms with Gasteiger partial charge in [-0.1, -0.05) is 32.1 Å². The summed E-state index contributed by atoms with van der Waals surface area (Å²) in [7, 11) is 0. The monoisotopic (exact) mass is 137 g/mol. The lowest BCUT2D eigenvalue weighted by atomic mass is 9.78. The van der Waals surface area contributed by atoms with Crippen molar-refractivity contribution in [2.24, 2.45) is 5.92 Å². The highest BCUT2D eigenvalue weighted by Crippen LogP contribution is 2.39. The normalized spacial score (nSPS) is 28.8. The minimum atomic E-state index is 1.11. The average molecular weight is 137 g/mol. The van der Waals surface area contributed by atoms with Crippen molar-refractivity contribution in [3.05, 3.63) is 5.92 Å². The number of rotatable bonds is 2. The van der Waals surface area contributed by atoms with Crippen molar-refractivity contribution in [1.29, 1.82) is 0 Å². The third kappa shape index (κ3) is 1.36. The molecule has 2 rings (SSSR count). The molecule has 2 aliphatic rings. The molecule has 0 bridgehead atoms. The number of hydrogen-bond acceptors (Lipinski definition) is 0. The first-order valence-corrected chi connectivity index (χ1v) is 4.79. The first kappa shape index (κ1) is 6.69. The van der Waals surface area contributed by atoms with Crippen LogP contribution in [0.15, 0.2) is 0 Å². The molecule has 0 aromatic carbocycles. The van der Waals surface area contributed by atoms with E-state index >= 15 is 0 Å². The molecule has 0 amide bonds. The molecule has 0 spiro atoms. The van der Waals surface area contributed by atoms with Crippen molar-refractivity contribution in [2.75, 3.05) is 0 Å². The van der Waals surface area contributed by atoms with E-state index < -0.39 is 0 Å². The summed E-state index contributed by atoms with van der Waals surface area (Å²) in [5.74, 6) is 2.99. The van der Waals surface area contributed by atoms with E-state index in [0.717, 1.165) is 5.92 Å². The van der Waals surface area contributed by atoms with E-state index in [9.17, 15) is 0 Å². The van der Waals surface area contributed by atoms with Gasteiger partial charge in [-0.05, 0) is 31.1 Å². The fraction of sp³-hybridized carbons (Fsp3) is 0.900. The van der Waals surface area contributed by atoms with Crippen LogP contribution in [0.25, 0.3) is 0 Å². The topological polar surface area (TPSA) is 0 Å². The van der Waals surface area contributed by atoms with Gasteiger partial charge >= 0.3 is 0 Å². The molecule has 0 heterocycles. The van der Waals surface area contributed by atoms with Crippen LogP contribution in [0.5, 0.6) is 0 Å². The molecule has 0 unspecified atom stereocenters. The Bertz CT molecular complexity index is 96.6. The van der Waals surface area contributed by atoms with Crippen molar-refractivity contribution in [1.82, 2.24) is 0 Å². The summed E-state index contributed by atoms with van der Waals surface area (Å²) in [6, 6.07) is 0. The lowest BCUT2D eigenvalue weighted by molar-refractivity contribution is 0.418. The van der Waals surface area contributed by atoms with Crippen molar-refractivity contribution >= 4 is 0 Å². The lowest BCUT2D eigenvalue weighted by Gasteiger charge is -2.27. The van der Waals surface area contributed by atoms with Gasteiger partial charge in [0.2, 0.25) is 0 Å². The Kier molecular flexibility index (Phi) is 1.97. The largest absolute Gasteiger partial charge is 0.0530 e. The summed E-state index contributed by atoms with van der Waals surface area (Å²) in [6.07, 6.45) is 12.0. The van der Waals surface area contributed by atoms with Crippen LogP contribution in [0, 0.1) is 11.8 Å². The summed E-state index contributed by atoms with van der Waals surface area (Å²) in [5.41, 5.74) is 0. The first-order chi connectivity index (χ1) is 4.95. The van der Waals surface area contributed by atoms with E-state index in [4.69, 9.17) is 0 Å². The molecule has 2 fully saturated rings. The van der Waals surface area contributed by atoms with Crippen LogP contribution in [0.2, 0.25) is 0 Å². The maximum absolute atomic E-state index is 1.88. The molecular formula is C10H17. The van der Waals surface area contributed by atoms with Crippen molar-refractivity contribution in [3.63, 3.8) is 0 Å². The van der Waals surface area contributed by atoms with Gasteiger partial charge in [0, 0.05) is 0 Å². The van der Waals surface area contributed by atoms with Gasteiger partial charge in [0.25, 0.3) is 0 Å². The second-order valence-electron chi connectivity index (χ2n) is 3.96. The highest BCUT2D eigenvalue weighted by molar-refractivity contribution is 4.99. The Morgan fingerprint density at radius 3 is 2.20 bits per heavy atom. The molecule has 0 atom stereocenters. The highest BCUT2D eigenvalue weighted by atomic mass is 14.3. The predicted molar refractivity (Wildman–Crippen MR) is 43.7 cm³/mol. The Morgan fingerprint density at radius 1 is 1.00 bits per heavy atom. The van der Waals surface area contributed by atoms with Gasteiger partial charge in [-0.3, -0.25) is 0 Å². The van der Waals surface area contributed by atoms with Gasteiger partial charge in [0.15, 0.2) is 0 Å². The van der Waals surface area contributed by atoms with E-state index in [1.54, 1.807) is 0 Å². The van der Waals surface area contributed by atoms with E-state index in [1.165, 1.54) is 51.4 Å². The van der Waals surface area contributed by atoms with Gasteiger partial charge in [0.05, 0.1) is 0 Å². The van der Waals surface area contributed by atoms with Crippen LogP contribution < -0.4 is 0 Å². The van der Waals surface area contributed by atoms with Crippen LogP contribution >= 0.6 is 0 Å². The number of hydrogen-bond donors (Lipinski definition) is 0. The van der Waals surface area contributed by atoms with E-state index in [2.05, 4.69) is 0 Å². The molecule has 10 heavy (non-hydrogen) atoms. The Balaban J connectivity index is 1.68. The maximum atomic E-state index is 1.88. The average Bonchev–Trinajstić information content (AvgIpc) is 2.29. The third-order valence-electron chi connectivity index (χ3n) is 3.11. The van der Waals surface area contributed by atoms with Gasteiger partial charge in [0.1, 0.15) is 0 Å². The van der Waals surface area contributed by atoms with Crippen LogP contribution in [0.1, 0.15) is 51.4 Å². The second-order valence-corrected chi connectivity index (χ2v) is 3.96. The second kappa shape index (κ2) is 2.94. The van der Waals surface area contributed by atoms with Crippen molar-refractivity contribution in [3.8, 4) is 0 Å². The summed E-state index contributed by atoms with van der Waals surface area (Å²) in [6.45, 7) is 0. The quantitative estimate of drug-likeness (QED) is 0.547. The SMILES string of the molecule is C1C[C](CC2CCCC2)C1. The molecule has 0 aromatic heterocycles. The van der Waals surface area contributed by atoms with Crippen molar-refractivity contribution < 1.29 is 0 Å². The molecule has 0 N–H and O–H groups in total. The fourth-order valence-corrected chi connectivity index (χ4v) is 2.25. The third-order valence-corrected chi connectivity index (χ3v) is 3.11. The molecule has 2 aliphatic carbocycles. The van der Waals surface area contributed by atoms with Crippen LogP contribution in [-0.2, 0) is 0 Å². The van der Waals surface area contributed by atoms with E-state index in [0.29, 0.717) is 0 Å². The molecule has 0 heteroatoms. The van der Waals surface area contributed by atoms with Gasteiger partial charge in [-0.15, -0.1) is 0 Å². The summed E-state index contributed by atoms with van der Waals surface area (Å²) >= 11 is 0. The summed E-state index contributed by atoms with van der Waals surface area (Å²) in [4.78, 5) is 0. The summed E-state index contributed by atoms with van der Waals surface area (Å²) < 4.78 is 0. The Hall–Kier alpha value is 0. The van der Waals surface area contributed by atoms with Crippen LogP contribution in [-0.4, -0.2) is 0 Å². The molecular weight excluding hydrogens is 120 g/mol. The molecule has 2 saturated carbocycles.